The first-order chi connectivity index (χ1) is 19.3. The third-order valence-corrected chi connectivity index (χ3v) is 13.9. The predicted octanol–water partition coefficient (Wildman–Crippen LogP) is 4.92. The summed E-state index contributed by atoms with van der Waals surface area (Å²) in [6.45, 7) is 6.72. The van der Waals surface area contributed by atoms with Crippen molar-refractivity contribution in [2.45, 2.75) is 31.1 Å². The third-order valence-electron chi connectivity index (χ3n) is 6.70. The van der Waals surface area contributed by atoms with Crippen LogP contribution >= 0.6 is 0 Å². The molecule has 4 rings (SSSR count). The molecule has 0 saturated heterocycles. The first kappa shape index (κ1) is 29.6. The molecule has 0 heterocycles. The van der Waals surface area contributed by atoms with E-state index >= 15 is 0 Å². The number of esters is 1. The van der Waals surface area contributed by atoms with E-state index in [0.29, 0.717) is 22.4 Å². The first-order valence-corrected chi connectivity index (χ1v) is 17.1. The molecule has 208 valence electrons. The predicted molar refractivity (Wildman–Crippen MR) is 164 cm³/mol. The second kappa shape index (κ2) is 13.3. The summed E-state index contributed by atoms with van der Waals surface area (Å²) in [5, 5.41) is 2.78. The molecule has 0 aliphatic heterocycles. The minimum absolute atomic E-state index is 0.00404. The Kier molecular flexibility index (Phi) is 9.88. The molecule has 0 radical (unpaired) electrons. The maximum absolute atomic E-state index is 13.1. The van der Waals surface area contributed by atoms with Crippen molar-refractivity contribution in [3.8, 4) is 11.5 Å². The van der Waals surface area contributed by atoms with Crippen molar-refractivity contribution in [1.82, 2.24) is 0 Å². The number of methoxy groups -OCH3 is 2. The SMILES string of the molecule is COCOc1cc(O[Si](c2ccccc2)(c2ccccc2)C(C)(C)C)cc(C[Se]c2ccccc2)c1C(=O)OC. The van der Waals surface area contributed by atoms with Gasteiger partial charge >= 0.3 is 245 Å². The second-order valence-corrected chi connectivity index (χ2v) is 16.8. The van der Waals surface area contributed by atoms with E-state index in [0.717, 1.165) is 5.56 Å². The van der Waals surface area contributed by atoms with Crippen LogP contribution in [0.1, 0.15) is 36.7 Å². The Balaban J connectivity index is 1.91. The Morgan fingerprint density at radius 3 is 1.85 bits per heavy atom. The van der Waals surface area contributed by atoms with Crippen LogP contribution < -0.4 is 24.0 Å². The topological polar surface area (TPSA) is 54.0 Å². The summed E-state index contributed by atoms with van der Waals surface area (Å²) in [6, 6.07) is 35.1. The molecule has 0 aliphatic carbocycles. The number of ether oxygens (including phenoxy) is 3. The molecular formula is C33H36O5SeSi. The van der Waals surface area contributed by atoms with Gasteiger partial charge < -0.3 is 0 Å². The van der Waals surface area contributed by atoms with E-state index in [9.17, 15) is 4.79 Å². The Morgan fingerprint density at radius 1 is 0.800 bits per heavy atom. The Morgan fingerprint density at radius 2 is 1.35 bits per heavy atom. The molecule has 0 spiro atoms. The van der Waals surface area contributed by atoms with Gasteiger partial charge in [0, 0.05) is 0 Å². The van der Waals surface area contributed by atoms with Gasteiger partial charge in [-0.25, -0.2) is 0 Å². The molecular weight excluding hydrogens is 583 g/mol. The van der Waals surface area contributed by atoms with E-state index < -0.39 is 14.3 Å². The minimum atomic E-state index is -2.90. The van der Waals surface area contributed by atoms with Crippen molar-refractivity contribution >= 4 is 44.1 Å². The Bertz CT molecular complexity index is 1350. The van der Waals surface area contributed by atoms with E-state index in [1.54, 1.807) is 7.11 Å². The number of rotatable bonds is 11. The zero-order valence-corrected chi connectivity index (χ0v) is 26.4. The number of benzene rings is 4. The van der Waals surface area contributed by atoms with Crippen molar-refractivity contribution in [2.75, 3.05) is 21.0 Å². The van der Waals surface area contributed by atoms with E-state index in [2.05, 4.69) is 81.4 Å². The summed E-state index contributed by atoms with van der Waals surface area (Å²) in [5.74, 6) is 0.608. The summed E-state index contributed by atoms with van der Waals surface area (Å²) in [7, 11) is 0.0408. The van der Waals surface area contributed by atoms with Crippen LogP contribution in [-0.2, 0) is 14.8 Å². The van der Waals surface area contributed by atoms with Crippen LogP contribution in [0.15, 0.2) is 103 Å². The van der Waals surface area contributed by atoms with Gasteiger partial charge in [-0.05, 0) is 0 Å². The van der Waals surface area contributed by atoms with Crippen molar-refractivity contribution in [3.63, 3.8) is 0 Å². The summed E-state index contributed by atoms with van der Waals surface area (Å²) < 4.78 is 24.9. The van der Waals surface area contributed by atoms with E-state index in [1.807, 2.05) is 42.5 Å². The standard InChI is InChI=1S/C33H36O5SeSi/c1-33(2,3)40(28-17-11-7-12-18-28,29-19-13-8-14-20-29)38-26-21-25(23-39-27-15-9-6-10-16-27)31(32(34)36-5)30(22-26)37-24-35-4/h6-22H,23-24H2,1-5H3. The van der Waals surface area contributed by atoms with Gasteiger partial charge in [0.15, 0.2) is 0 Å². The van der Waals surface area contributed by atoms with Gasteiger partial charge in [0.1, 0.15) is 0 Å². The van der Waals surface area contributed by atoms with E-state index in [-0.39, 0.29) is 26.8 Å². The molecule has 0 aromatic heterocycles. The quantitative estimate of drug-likeness (QED) is 0.136. The fourth-order valence-corrected chi connectivity index (χ4v) is 11.2. The van der Waals surface area contributed by atoms with E-state index in [4.69, 9.17) is 18.6 Å². The van der Waals surface area contributed by atoms with Crippen LogP contribution in [0.5, 0.6) is 11.5 Å². The van der Waals surface area contributed by atoms with Crippen LogP contribution in [-0.4, -0.2) is 50.3 Å². The second-order valence-electron chi connectivity index (χ2n) is 10.4. The third kappa shape index (κ3) is 6.51. The van der Waals surface area contributed by atoms with Gasteiger partial charge in [0.25, 0.3) is 0 Å². The number of carbonyl (C=O) groups is 1. The maximum atomic E-state index is 13.1. The molecule has 0 amide bonds. The Labute approximate surface area is 244 Å². The van der Waals surface area contributed by atoms with Crippen molar-refractivity contribution in [2.24, 2.45) is 0 Å². The summed E-state index contributed by atoms with van der Waals surface area (Å²) in [5.41, 5.74) is 1.24. The Hall–Kier alpha value is -3.35. The summed E-state index contributed by atoms with van der Waals surface area (Å²) in [6.07, 6.45) is 0. The fourth-order valence-electron chi connectivity index (χ4n) is 4.89. The monoisotopic (exact) mass is 620 g/mol. The van der Waals surface area contributed by atoms with Gasteiger partial charge in [-0.3, -0.25) is 0 Å². The molecule has 40 heavy (non-hydrogen) atoms. The molecule has 4 aromatic rings. The van der Waals surface area contributed by atoms with Crippen molar-refractivity contribution in [1.29, 1.82) is 0 Å². The number of hydrogen-bond acceptors (Lipinski definition) is 5. The average molecular weight is 620 g/mol. The van der Waals surface area contributed by atoms with Crippen LogP contribution in [0.3, 0.4) is 0 Å². The van der Waals surface area contributed by atoms with Crippen LogP contribution in [0.2, 0.25) is 5.04 Å². The van der Waals surface area contributed by atoms with Gasteiger partial charge in [-0.2, -0.15) is 0 Å². The van der Waals surface area contributed by atoms with Gasteiger partial charge in [-0.15, -0.1) is 0 Å². The van der Waals surface area contributed by atoms with Gasteiger partial charge in [0.2, 0.25) is 0 Å². The molecule has 7 heteroatoms. The molecule has 5 nitrogen and oxygen atoms in total. The normalized spacial score (nSPS) is 11.6. The zero-order valence-electron chi connectivity index (χ0n) is 23.7. The molecule has 0 atom stereocenters. The molecule has 4 aromatic carbocycles. The summed E-state index contributed by atoms with van der Waals surface area (Å²) in [4.78, 5) is 13.1. The van der Waals surface area contributed by atoms with Crippen molar-refractivity contribution < 1.29 is 23.4 Å². The average Bonchev–Trinajstić information content (AvgIpc) is 2.98. The molecule has 0 unspecified atom stereocenters. The van der Waals surface area contributed by atoms with Gasteiger partial charge in [0.05, 0.1) is 0 Å². The summed E-state index contributed by atoms with van der Waals surface area (Å²) >= 11 is 0.0819. The molecule has 0 saturated carbocycles. The van der Waals surface area contributed by atoms with Crippen LogP contribution in [0, 0.1) is 0 Å². The molecule has 0 N–H and O–H groups in total. The van der Waals surface area contributed by atoms with Gasteiger partial charge in [-0.1, -0.05) is 0 Å². The van der Waals surface area contributed by atoms with Crippen LogP contribution in [0.25, 0.3) is 0 Å². The fraction of sp³-hybridized carbons (Fsp3) is 0.242. The van der Waals surface area contributed by atoms with Crippen LogP contribution in [0.4, 0.5) is 0 Å². The van der Waals surface area contributed by atoms with Crippen molar-refractivity contribution in [3.05, 3.63) is 114 Å². The number of hydrogen-bond donors (Lipinski definition) is 0. The molecule has 0 bridgehead atoms. The zero-order chi connectivity index (χ0) is 28.6. The first-order valence-electron chi connectivity index (χ1n) is 13.1. The van der Waals surface area contributed by atoms with E-state index in [1.165, 1.54) is 21.9 Å². The molecule has 0 fully saturated rings. The molecule has 0 aliphatic rings. The number of carbonyl (C=O) groups excluding carboxylic acids is 1.